The molecule has 1 aliphatic carbocycles. The Morgan fingerprint density at radius 1 is 1.56 bits per heavy atom. The molecule has 2 atom stereocenters. The third-order valence-electron chi connectivity index (χ3n) is 3.08. The minimum Gasteiger partial charge on any atom is -0.469 e. The fraction of sp³-hybridized carbons (Fsp3) is 0.583. The van der Waals surface area contributed by atoms with E-state index in [2.05, 4.69) is 0 Å². The molecule has 1 fully saturated rings. The molecule has 2 rings (SSSR count). The van der Waals surface area contributed by atoms with Gasteiger partial charge in [-0.25, -0.2) is 0 Å². The van der Waals surface area contributed by atoms with Crippen molar-refractivity contribution in [2.45, 2.75) is 25.4 Å². The molecule has 1 aromatic rings. The number of alkyl halides is 3. The molecule has 1 saturated carbocycles. The highest BCUT2D eigenvalue weighted by Crippen LogP contribution is 2.48. The Kier molecular flexibility index (Phi) is 3.36. The highest BCUT2D eigenvalue weighted by atomic mass is 19.4. The molecule has 1 aromatic heterocycles. The zero-order chi connectivity index (χ0) is 13.3. The van der Waals surface area contributed by atoms with Gasteiger partial charge in [-0.05, 0) is 25.5 Å². The molecule has 0 N–H and O–H groups in total. The Morgan fingerprint density at radius 3 is 2.78 bits per heavy atom. The van der Waals surface area contributed by atoms with E-state index < -0.39 is 18.6 Å². The molecule has 3 nitrogen and oxygen atoms in total. The lowest BCUT2D eigenvalue weighted by Crippen LogP contribution is -2.39. The molecule has 1 amide bonds. The number of carbonyl (C=O) groups is 1. The SMILES string of the molecule is CCN(CC(F)(F)F)C(=O)C1CC1c1ccco1. The lowest BCUT2D eigenvalue weighted by Gasteiger charge is -2.22. The molecule has 100 valence electrons. The molecule has 18 heavy (non-hydrogen) atoms. The van der Waals surface area contributed by atoms with E-state index >= 15 is 0 Å². The Hall–Kier alpha value is -1.46. The number of furan rings is 1. The van der Waals surface area contributed by atoms with Crippen LogP contribution in [-0.4, -0.2) is 30.1 Å². The van der Waals surface area contributed by atoms with Crippen molar-refractivity contribution in [2.24, 2.45) is 5.92 Å². The number of halogens is 3. The van der Waals surface area contributed by atoms with Crippen molar-refractivity contribution >= 4 is 5.91 Å². The Bertz CT molecular complexity index is 413. The molecule has 1 heterocycles. The number of hydrogen-bond acceptors (Lipinski definition) is 2. The summed E-state index contributed by atoms with van der Waals surface area (Å²) in [6, 6.07) is 3.46. The summed E-state index contributed by atoms with van der Waals surface area (Å²) in [6.45, 7) is 0.442. The first-order chi connectivity index (χ1) is 8.42. The van der Waals surface area contributed by atoms with Crippen molar-refractivity contribution in [1.29, 1.82) is 0 Å². The second-order valence-corrected chi connectivity index (χ2v) is 4.43. The van der Waals surface area contributed by atoms with E-state index in [4.69, 9.17) is 4.42 Å². The number of nitrogens with zero attached hydrogens (tertiary/aromatic N) is 1. The maximum Gasteiger partial charge on any atom is 0.406 e. The van der Waals surface area contributed by atoms with Crippen LogP contribution in [0.2, 0.25) is 0 Å². The van der Waals surface area contributed by atoms with Gasteiger partial charge in [-0.3, -0.25) is 4.79 Å². The number of amides is 1. The highest BCUT2D eigenvalue weighted by Gasteiger charge is 2.48. The summed E-state index contributed by atoms with van der Waals surface area (Å²) in [5.74, 6) is -0.180. The first-order valence-corrected chi connectivity index (χ1v) is 5.81. The van der Waals surface area contributed by atoms with E-state index in [-0.39, 0.29) is 18.4 Å². The molecular weight excluding hydrogens is 247 g/mol. The van der Waals surface area contributed by atoms with Crippen molar-refractivity contribution < 1.29 is 22.4 Å². The molecule has 2 unspecified atom stereocenters. The Morgan fingerprint density at radius 2 is 2.28 bits per heavy atom. The van der Waals surface area contributed by atoms with E-state index in [0.29, 0.717) is 12.2 Å². The van der Waals surface area contributed by atoms with Crippen LogP contribution < -0.4 is 0 Å². The Labute approximate surface area is 103 Å². The van der Waals surface area contributed by atoms with E-state index in [1.807, 2.05) is 0 Å². The maximum absolute atomic E-state index is 12.3. The minimum atomic E-state index is -4.35. The molecule has 0 bridgehead atoms. The summed E-state index contributed by atoms with van der Waals surface area (Å²) in [5.41, 5.74) is 0. The Balaban J connectivity index is 1.96. The first-order valence-electron chi connectivity index (χ1n) is 5.81. The largest absolute Gasteiger partial charge is 0.469 e. The van der Waals surface area contributed by atoms with E-state index in [1.54, 1.807) is 19.1 Å². The van der Waals surface area contributed by atoms with Crippen LogP contribution in [-0.2, 0) is 4.79 Å². The van der Waals surface area contributed by atoms with Crippen molar-refractivity contribution in [1.82, 2.24) is 4.90 Å². The van der Waals surface area contributed by atoms with Crippen LogP contribution in [0.25, 0.3) is 0 Å². The van der Waals surface area contributed by atoms with Crippen LogP contribution >= 0.6 is 0 Å². The lowest BCUT2D eigenvalue weighted by molar-refractivity contribution is -0.161. The third-order valence-corrected chi connectivity index (χ3v) is 3.08. The number of rotatable bonds is 4. The molecule has 0 aromatic carbocycles. The highest BCUT2D eigenvalue weighted by molar-refractivity contribution is 5.82. The van der Waals surface area contributed by atoms with Gasteiger partial charge in [-0.1, -0.05) is 0 Å². The monoisotopic (exact) mass is 261 g/mol. The summed E-state index contributed by atoms with van der Waals surface area (Å²) in [7, 11) is 0. The van der Waals surface area contributed by atoms with Gasteiger partial charge in [-0.15, -0.1) is 0 Å². The van der Waals surface area contributed by atoms with Crippen LogP contribution in [0.4, 0.5) is 13.2 Å². The van der Waals surface area contributed by atoms with Gasteiger partial charge < -0.3 is 9.32 Å². The van der Waals surface area contributed by atoms with Gasteiger partial charge in [0, 0.05) is 18.4 Å². The van der Waals surface area contributed by atoms with Crippen molar-refractivity contribution in [3.63, 3.8) is 0 Å². The van der Waals surface area contributed by atoms with Crippen molar-refractivity contribution in [2.75, 3.05) is 13.1 Å². The van der Waals surface area contributed by atoms with Gasteiger partial charge >= 0.3 is 6.18 Å². The van der Waals surface area contributed by atoms with Gasteiger partial charge in [-0.2, -0.15) is 13.2 Å². The normalized spacial score (nSPS) is 22.9. The van der Waals surface area contributed by atoms with E-state index in [1.165, 1.54) is 6.26 Å². The van der Waals surface area contributed by atoms with Crippen LogP contribution in [0.5, 0.6) is 0 Å². The third kappa shape index (κ3) is 2.86. The van der Waals surface area contributed by atoms with Crippen LogP contribution in [0, 0.1) is 5.92 Å². The number of carbonyl (C=O) groups excluding carboxylic acids is 1. The fourth-order valence-corrected chi connectivity index (χ4v) is 2.08. The van der Waals surface area contributed by atoms with Crippen LogP contribution in [0.3, 0.4) is 0 Å². The molecule has 1 aliphatic rings. The van der Waals surface area contributed by atoms with Crippen LogP contribution in [0.15, 0.2) is 22.8 Å². The number of hydrogen-bond donors (Lipinski definition) is 0. The first kappa shape index (κ1) is 13.0. The van der Waals surface area contributed by atoms with Gasteiger partial charge in [0.15, 0.2) is 0 Å². The minimum absolute atomic E-state index is 0.0604. The molecule has 0 saturated heterocycles. The van der Waals surface area contributed by atoms with Gasteiger partial charge in [0.1, 0.15) is 12.3 Å². The summed E-state index contributed by atoms with van der Waals surface area (Å²) in [4.78, 5) is 12.8. The zero-order valence-electron chi connectivity index (χ0n) is 9.91. The predicted molar refractivity (Wildman–Crippen MR) is 57.9 cm³/mol. The van der Waals surface area contributed by atoms with Gasteiger partial charge in [0.2, 0.25) is 5.91 Å². The topological polar surface area (TPSA) is 33.5 Å². The summed E-state index contributed by atoms with van der Waals surface area (Å²) < 4.78 is 42.0. The van der Waals surface area contributed by atoms with Gasteiger partial charge in [0.25, 0.3) is 0 Å². The molecule has 0 spiro atoms. The smallest absolute Gasteiger partial charge is 0.406 e. The molecule has 6 heteroatoms. The van der Waals surface area contributed by atoms with Gasteiger partial charge in [0.05, 0.1) is 6.26 Å². The van der Waals surface area contributed by atoms with Crippen molar-refractivity contribution in [3.05, 3.63) is 24.2 Å². The standard InChI is InChI=1S/C12H14F3NO2/c1-2-16(7-12(13,14)15)11(17)9-6-8(9)10-4-3-5-18-10/h3-5,8-9H,2,6-7H2,1H3. The lowest BCUT2D eigenvalue weighted by atomic mass is 10.2. The summed E-state index contributed by atoms with van der Waals surface area (Å²) >= 11 is 0. The average Bonchev–Trinajstić information content (AvgIpc) is 2.90. The zero-order valence-corrected chi connectivity index (χ0v) is 9.91. The maximum atomic E-state index is 12.3. The quantitative estimate of drug-likeness (QED) is 0.835. The molecule has 0 aliphatic heterocycles. The predicted octanol–water partition coefficient (Wildman–Crippen LogP) is 2.79. The van der Waals surface area contributed by atoms with E-state index in [0.717, 1.165) is 4.90 Å². The second kappa shape index (κ2) is 4.66. The second-order valence-electron chi connectivity index (χ2n) is 4.43. The summed E-state index contributed by atoms with van der Waals surface area (Å²) in [5, 5.41) is 0. The van der Waals surface area contributed by atoms with Crippen molar-refractivity contribution in [3.8, 4) is 0 Å². The average molecular weight is 261 g/mol. The fourth-order valence-electron chi connectivity index (χ4n) is 2.08. The van der Waals surface area contributed by atoms with Crippen LogP contribution in [0.1, 0.15) is 25.0 Å². The summed E-state index contributed by atoms with van der Waals surface area (Å²) in [6.07, 6.45) is -2.27. The molecule has 0 radical (unpaired) electrons. The molecular formula is C12H14F3NO2. The van der Waals surface area contributed by atoms with E-state index in [9.17, 15) is 18.0 Å².